The molecule has 32 heavy (non-hydrogen) atoms. The lowest BCUT2D eigenvalue weighted by Gasteiger charge is -2.39. The third-order valence-electron chi connectivity index (χ3n) is 6.28. The van der Waals surface area contributed by atoms with E-state index in [4.69, 9.17) is 9.51 Å². The second kappa shape index (κ2) is 9.47. The molecule has 0 bridgehead atoms. The molecule has 3 aromatic carbocycles. The summed E-state index contributed by atoms with van der Waals surface area (Å²) in [5.41, 5.74) is 3.67. The topological polar surface area (TPSA) is 45.4 Å². The lowest BCUT2D eigenvalue weighted by Crippen LogP contribution is -2.46. The molecule has 1 aliphatic rings. The molecular weight excluding hydrogens is 396 g/mol. The van der Waals surface area contributed by atoms with Crippen molar-refractivity contribution >= 4 is 0 Å². The van der Waals surface area contributed by atoms with Crippen LogP contribution in [0.4, 0.5) is 0 Å². The molecule has 0 amide bonds. The first-order chi connectivity index (χ1) is 15.8. The Morgan fingerprint density at radius 1 is 0.844 bits per heavy atom. The predicted molar refractivity (Wildman–Crippen MR) is 125 cm³/mol. The minimum Gasteiger partial charge on any atom is -0.338 e. The second-order valence-corrected chi connectivity index (χ2v) is 8.44. The average molecular weight is 425 g/mol. The number of aromatic nitrogens is 2. The van der Waals surface area contributed by atoms with Crippen molar-refractivity contribution in [3.05, 3.63) is 119 Å². The molecule has 0 unspecified atom stereocenters. The molecule has 0 saturated carbocycles. The highest BCUT2D eigenvalue weighted by Crippen LogP contribution is 2.30. The van der Waals surface area contributed by atoms with E-state index in [2.05, 4.69) is 101 Å². The van der Waals surface area contributed by atoms with Crippen LogP contribution in [0.1, 0.15) is 40.4 Å². The van der Waals surface area contributed by atoms with Crippen molar-refractivity contribution in [3.8, 4) is 0 Å². The number of likely N-dealkylation sites (N-methyl/N-ethyl adjacent to an activating group) is 1. The van der Waals surface area contributed by atoms with Crippen molar-refractivity contribution < 1.29 is 4.52 Å². The fraction of sp³-hybridized carbons (Fsp3) is 0.259. The van der Waals surface area contributed by atoms with Gasteiger partial charge in [0.25, 0.3) is 0 Å². The quantitative estimate of drug-likeness (QED) is 0.447. The van der Waals surface area contributed by atoms with Crippen LogP contribution in [0.2, 0.25) is 0 Å². The molecule has 0 aliphatic carbocycles. The Labute approximate surface area is 189 Å². The minimum atomic E-state index is -0.0422. The van der Waals surface area contributed by atoms with Crippen molar-refractivity contribution in [2.75, 3.05) is 26.7 Å². The van der Waals surface area contributed by atoms with E-state index in [1.54, 1.807) is 0 Å². The van der Waals surface area contributed by atoms with Crippen LogP contribution < -0.4 is 0 Å². The molecule has 1 aliphatic heterocycles. The predicted octanol–water partition coefficient (Wildman–Crippen LogP) is 4.74. The summed E-state index contributed by atoms with van der Waals surface area (Å²) in [5.74, 6) is 1.35. The number of nitrogens with zero attached hydrogens (tertiary/aromatic N) is 4. The van der Waals surface area contributed by atoms with Gasteiger partial charge in [-0.3, -0.25) is 9.80 Å². The van der Waals surface area contributed by atoms with Crippen LogP contribution >= 0.6 is 0 Å². The molecule has 5 rings (SSSR count). The Balaban J connectivity index is 1.36. The lowest BCUT2D eigenvalue weighted by molar-refractivity contribution is 0.0825. The molecule has 1 atom stereocenters. The molecule has 5 nitrogen and oxygen atoms in total. The SMILES string of the molecule is CN1CCN(Cc2nc(C(c3ccccc3)c3ccccc3)no2)C[C@@H]1c1ccccc1. The van der Waals surface area contributed by atoms with E-state index < -0.39 is 0 Å². The van der Waals surface area contributed by atoms with Gasteiger partial charge in [0.2, 0.25) is 5.89 Å². The number of hydrogen-bond acceptors (Lipinski definition) is 5. The van der Waals surface area contributed by atoms with Gasteiger partial charge < -0.3 is 4.52 Å². The largest absolute Gasteiger partial charge is 0.338 e. The van der Waals surface area contributed by atoms with Crippen LogP contribution in [0.15, 0.2) is 95.5 Å². The van der Waals surface area contributed by atoms with Crippen molar-refractivity contribution in [1.82, 2.24) is 19.9 Å². The van der Waals surface area contributed by atoms with E-state index in [1.807, 2.05) is 12.1 Å². The fourth-order valence-corrected chi connectivity index (χ4v) is 4.53. The molecule has 5 heteroatoms. The van der Waals surface area contributed by atoms with E-state index in [1.165, 1.54) is 5.56 Å². The molecule has 0 spiro atoms. The first kappa shape index (κ1) is 20.6. The van der Waals surface area contributed by atoms with Gasteiger partial charge in [0.05, 0.1) is 12.5 Å². The standard InChI is InChI=1S/C27H28N4O/c1-30-17-18-31(19-24(30)21-11-5-2-6-12-21)20-25-28-27(29-32-25)26(22-13-7-3-8-14-22)23-15-9-4-10-16-23/h2-16,24,26H,17-20H2,1H3/t24-/m1/s1. The highest BCUT2D eigenvalue weighted by Gasteiger charge is 2.28. The van der Waals surface area contributed by atoms with Gasteiger partial charge in [-0.25, -0.2) is 0 Å². The van der Waals surface area contributed by atoms with Gasteiger partial charge in [-0.15, -0.1) is 0 Å². The Morgan fingerprint density at radius 3 is 2.06 bits per heavy atom. The molecular formula is C27H28N4O. The van der Waals surface area contributed by atoms with Gasteiger partial charge in [0.1, 0.15) is 0 Å². The van der Waals surface area contributed by atoms with E-state index in [-0.39, 0.29) is 5.92 Å². The summed E-state index contributed by atoms with van der Waals surface area (Å²) in [4.78, 5) is 9.68. The van der Waals surface area contributed by atoms with Crippen molar-refractivity contribution in [1.29, 1.82) is 0 Å². The molecule has 0 radical (unpaired) electrons. The molecule has 1 fully saturated rings. The normalized spacial score (nSPS) is 17.6. The van der Waals surface area contributed by atoms with Crippen LogP contribution in [-0.2, 0) is 6.54 Å². The van der Waals surface area contributed by atoms with Crippen LogP contribution in [0.25, 0.3) is 0 Å². The monoisotopic (exact) mass is 424 g/mol. The third-order valence-corrected chi connectivity index (χ3v) is 6.28. The second-order valence-electron chi connectivity index (χ2n) is 8.44. The number of rotatable bonds is 6. The average Bonchev–Trinajstić information content (AvgIpc) is 3.30. The van der Waals surface area contributed by atoms with E-state index >= 15 is 0 Å². The smallest absolute Gasteiger partial charge is 0.240 e. The zero-order chi connectivity index (χ0) is 21.8. The number of piperazine rings is 1. The molecule has 4 aromatic rings. The zero-order valence-electron chi connectivity index (χ0n) is 18.3. The van der Waals surface area contributed by atoms with Gasteiger partial charge in [-0.2, -0.15) is 4.98 Å². The molecule has 162 valence electrons. The number of benzene rings is 3. The maximum atomic E-state index is 5.74. The van der Waals surface area contributed by atoms with Crippen LogP contribution in [0, 0.1) is 0 Å². The Kier molecular flexibility index (Phi) is 6.10. The highest BCUT2D eigenvalue weighted by atomic mass is 16.5. The van der Waals surface area contributed by atoms with E-state index in [9.17, 15) is 0 Å². The van der Waals surface area contributed by atoms with Crippen LogP contribution in [-0.4, -0.2) is 46.6 Å². The maximum absolute atomic E-state index is 5.74. The zero-order valence-corrected chi connectivity index (χ0v) is 18.3. The Morgan fingerprint density at radius 2 is 1.44 bits per heavy atom. The summed E-state index contributed by atoms with van der Waals surface area (Å²) in [6.45, 7) is 3.61. The summed E-state index contributed by atoms with van der Waals surface area (Å²) in [6, 6.07) is 31.9. The van der Waals surface area contributed by atoms with Gasteiger partial charge >= 0.3 is 0 Å². The first-order valence-electron chi connectivity index (χ1n) is 11.2. The number of hydrogen-bond donors (Lipinski definition) is 0. The first-order valence-corrected chi connectivity index (χ1v) is 11.2. The highest BCUT2D eigenvalue weighted by molar-refractivity contribution is 5.37. The summed E-state index contributed by atoms with van der Waals surface area (Å²) >= 11 is 0. The van der Waals surface area contributed by atoms with Crippen molar-refractivity contribution in [2.24, 2.45) is 0 Å². The minimum absolute atomic E-state index is 0.0422. The van der Waals surface area contributed by atoms with Crippen molar-refractivity contribution in [3.63, 3.8) is 0 Å². The summed E-state index contributed by atoms with van der Waals surface area (Å²) in [7, 11) is 2.20. The molecule has 2 heterocycles. The van der Waals surface area contributed by atoms with Gasteiger partial charge in [0.15, 0.2) is 5.82 Å². The third kappa shape index (κ3) is 4.49. The Hall–Kier alpha value is -3.28. The summed E-state index contributed by atoms with van der Waals surface area (Å²) in [6.07, 6.45) is 0. The van der Waals surface area contributed by atoms with Crippen molar-refractivity contribution in [2.45, 2.75) is 18.5 Å². The van der Waals surface area contributed by atoms with Crippen LogP contribution in [0.5, 0.6) is 0 Å². The van der Waals surface area contributed by atoms with Gasteiger partial charge in [-0.05, 0) is 23.7 Å². The lowest BCUT2D eigenvalue weighted by atomic mass is 9.91. The van der Waals surface area contributed by atoms with Crippen LogP contribution in [0.3, 0.4) is 0 Å². The molecule has 0 N–H and O–H groups in total. The summed E-state index contributed by atoms with van der Waals surface area (Å²) < 4.78 is 5.74. The Bertz CT molecular complexity index is 1070. The maximum Gasteiger partial charge on any atom is 0.240 e. The van der Waals surface area contributed by atoms with Gasteiger partial charge in [-0.1, -0.05) is 96.2 Å². The summed E-state index contributed by atoms with van der Waals surface area (Å²) in [5, 5.41) is 4.40. The van der Waals surface area contributed by atoms with Gasteiger partial charge in [0, 0.05) is 25.7 Å². The van der Waals surface area contributed by atoms with E-state index in [0.29, 0.717) is 24.3 Å². The van der Waals surface area contributed by atoms with E-state index in [0.717, 1.165) is 30.8 Å². The molecule has 1 aromatic heterocycles. The fourth-order valence-electron chi connectivity index (χ4n) is 4.53. The molecule has 1 saturated heterocycles.